The number of hydrogen-bond donors (Lipinski definition) is 0. The van der Waals surface area contributed by atoms with Gasteiger partial charge >= 0.3 is 0 Å². The largest absolute Gasteiger partial charge is 0.340 e. The van der Waals surface area contributed by atoms with Gasteiger partial charge in [0.2, 0.25) is 0 Å². The van der Waals surface area contributed by atoms with E-state index in [4.69, 9.17) is 0 Å². The minimum absolute atomic E-state index is 0.368. The summed E-state index contributed by atoms with van der Waals surface area (Å²) in [5, 5.41) is 2.73. The zero-order valence-electron chi connectivity index (χ0n) is 23.7. The van der Waals surface area contributed by atoms with E-state index in [0.29, 0.717) is 11.8 Å². The second-order valence-corrected chi connectivity index (χ2v) is 11.7. The van der Waals surface area contributed by atoms with Crippen molar-refractivity contribution >= 4 is 21.8 Å². The lowest BCUT2D eigenvalue weighted by Crippen LogP contribution is -2.26. The topological polar surface area (TPSA) is 9.86 Å². The summed E-state index contributed by atoms with van der Waals surface area (Å²) in [7, 11) is 0. The second kappa shape index (κ2) is 10.5. The molecule has 2 heteroatoms. The van der Waals surface area contributed by atoms with Gasteiger partial charge in [-0.1, -0.05) is 127 Å². The Balaban J connectivity index is 1.32. The fourth-order valence-electron chi connectivity index (χ4n) is 7.39. The van der Waals surface area contributed by atoms with Crippen LogP contribution < -0.4 is 0 Å². The van der Waals surface area contributed by atoms with Crippen molar-refractivity contribution in [3.8, 4) is 0 Å². The molecule has 5 aromatic carbocycles. The molecule has 2 heterocycles. The van der Waals surface area contributed by atoms with Crippen LogP contribution in [0.5, 0.6) is 0 Å². The fraction of sp³-hybridized carbons (Fsp3) is 0.150. The molecule has 1 aliphatic carbocycles. The van der Waals surface area contributed by atoms with E-state index in [1.165, 1.54) is 55.4 Å². The van der Waals surface area contributed by atoms with Crippen molar-refractivity contribution in [1.29, 1.82) is 0 Å². The molecule has 8 rings (SSSR count). The molecular formula is C40H34N2. The third-order valence-electron chi connectivity index (χ3n) is 9.33. The van der Waals surface area contributed by atoms with Gasteiger partial charge in [0.15, 0.2) is 0 Å². The normalized spacial score (nSPS) is 16.6. The van der Waals surface area contributed by atoms with Gasteiger partial charge in [-0.25, -0.2) is 0 Å². The second-order valence-electron chi connectivity index (χ2n) is 11.7. The van der Waals surface area contributed by atoms with E-state index in [2.05, 4.69) is 155 Å². The monoisotopic (exact) mass is 542 g/mol. The van der Waals surface area contributed by atoms with Gasteiger partial charge in [-0.2, -0.15) is 0 Å². The Labute approximate surface area is 247 Å². The molecule has 0 saturated heterocycles. The molecule has 0 saturated carbocycles. The third kappa shape index (κ3) is 4.35. The van der Waals surface area contributed by atoms with Gasteiger partial charge in [-0.05, 0) is 64.6 Å². The van der Waals surface area contributed by atoms with Crippen LogP contribution in [0.3, 0.4) is 0 Å². The van der Waals surface area contributed by atoms with E-state index in [1.807, 2.05) is 0 Å². The predicted molar refractivity (Wildman–Crippen MR) is 174 cm³/mol. The van der Waals surface area contributed by atoms with Crippen LogP contribution in [0.2, 0.25) is 0 Å². The summed E-state index contributed by atoms with van der Waals surface area (Å²) < 4.78 is 5.20. The van der Waals surface area contributed by atoms with Crippen molar-refractivity contribution in [1.82, 2.24) is 9.13 Å². The van der Waals surface area contributed by atoms with E-state index < -0.39 is 0 Å². The van der Waals surface area contributed by atoms with E-state index in [9.17, 15) is 0 Å². The number of nitrogens with zero attached hydrogens (tertiary/aromatic N) is 2. The van der Waals surface area contributed by atoms with Crippen LogP contribution in [-0.4, -0.2) is 9.13 Å². The lowest BCUT2D eigenvalue weighted by atomic mass is 9.72. The van der Waals surface area contributed by atoms with Crippen LogP contribution in [0.15, 0.2) is 146 Å². The van der Waals surface area contributed by atoms with Crippen molar-refractivity contribution in [2.75, 3.05) is 0 Å². The fourth-order valence-corrected chi connectivity index (χ4v) is 7.39. The molecular weight excluding hydrogens is 508 g/mol. The van der Waals surface area contributed by atoms with Gasteiger partial charge in [0, 0.05) is 46.8 Å². The highest BCUT2D eigenvalue weighted by molar-refractivity contribution is 5.87. The predicted octanol–water partition coefficient (Wildman–Crippen LogP) is 9.36. The minimum Gasteiger partial charge on any atom is -0.340 e. The molecule has 0 fully saturated rings. The molecule has 0 amide bonds. The molecule has 42 heavy (non-hydrogen) atoms. The summed E-state index contributed by atoms with van der Waals surface area (Å²) in [6, 6.07) is 53.6. The van der Waals surface area contributed by atoms with Gasteiger partial charge in [0.25, 0.3) is 0 Å². The summed E-state index contributed by atoms with van der Waals surface area (Å²) >= 11 is 0. The zero-order chi connectivity index (χ0) is 27.9. The molecule has 0 aliphatic heterocycles. The molecule has 0 spiro atoms. The molecule has 2 nitrogen and oxygen atoms in total. The Morgan fingerprint density at radius 2 is 1.07 bits per heavy atom. The van der Waals surface area contributed by atoms with Crippen molar-refractivity contribution in [2.24, 2.45) is 0 Å². The van der Waals surface area contributed by atoms with Gasteiger partial charge in [0.1, 0.15) is 0 Å². The van der Waals surface area contributed by atoms with Gasteiger partial charge in [-0.3, -0.25) is 0 Å². The number of fused-ring (bicyclic) bond motifs is 4. The van der Waals surface area contributed by atoms with Crippen molar-refractivity contribution in [2.45, 2.75) is 37.8 Å². The van der Waals surface area contributed by atoms with Gasteiger partial charge in [0.05, 0.1) is 0 Å². The van der Waals surface area contributed by atoms with E-state index >= 15 is 0 Å². The first-order valence-corrected chi connectivity index (χ1v) is 15.1. The number of rotatable bonds is 6. The van der Waals surface area contributed by atoms with Gasteiger partial charge in [-0.15, -0.1) is 0 Å². The van der Waals surface area contributed by atoms with E-state index in [1.54, 1.807) is 0 Å². The molecule has 0 bridgehead atoms. The van der Waals surface area contributed by atoms with Crippen LogP contribution >= 0.6 is 0 Å². The Morgan fingerprint density at radius 3 is 1.79 bits per heavy atom. The standard InChI is InChI=1S/C40H34N2/c1-4-14-29(15-5-1)27-41-37-22-12-10-20-32(37)24-39(41)36-25-35-33-21-11-13-23-38(33)42(28-30-16-6-2-7-17-30)40(35)26-34(36)31-18-8-3-9-19-31/h1-24,34,36H,25-28H2/t34-,36-/m0/s1. The smallest absolute Gasteiger partial charge is 0.0488 e. The SMILES string of the molecule is c1ccc(Cn2c([C@H]3Cc4c(n(Cc5ccccc5)c5ccccc45)C[C@H]3c3ccccc3)cc3ccccc32)cc1. The Bertz CT molecular complexity index is 1980. The van der Waals surface area contributed by atoms with Crippen LogP contribution in [0.1, 0.15) is 45.5 Å². The molecule has 2 aromatic heterocycles. The number of para-hydroxylation sites is 2. The summed E-state index contributed by atoms with van der Waals surface area (Å²) in [6.45, 7) is 1.78. The molecule has 7 aromatic rings. The minimum atomic E-state index is 0.368. The first kappa shape index (κ1) is 24.9. The quantitative estimate of drug-likeness (QED) is 0.198. The van der Waals surface area contributed by atoms with Crippen LogP contribution in [-0.2, 0) is 25.9 Å². The summed E-state index contributed by atoms with van der Waals surface area (Å²) in [5.74, 6) is 0.753. The van der Waals surface area contributed by atoms with E-state index in [-0.39, 0.29) is 0 Å². The molecule has 1 aliphatic rings. The maximum absolute atomic E-state index is 2.60. The average molecular weight is 543 g/mol. The average Bonchev–Trinajstić information content (AvgIpc) is 3.57. The summed E-state index contributed by atoms with van der Waals surface area (Å²) in [4.78, 5) is 0. The summed E-state index contributed by atoms with van der Waals surface area (Å²) in [6.07, 6.45) is 2.06. The maximum Gasteiger partial charge on any atom is 0.0488 e. The molecule has 2 atom stereocenters. The lowest BCUT2D eigenvalue weighted by Gasteiger charge is -2.34. The Hall–Kier alpha value is -4.82. The molecule has 0 unspecified atom stereocenters. The number of hydrogen-bond acceptors (Lipinski definition) is 0. The summed E-state index contributed by atoms with van der Waals surface area (Å²) in [5.41, 5.74) is 11.3. The molecule has 0 N–H and O–H groups in total. The van der Waals surface area contributed by atoms with Gasteiger partial charge < -0.3 is 9.13 Å². The van der Waals surface area contributed by atoms with E-state index in [0.717, 1.165) is 25.9 Å². The first-order valence-electron chi connectivity index (χ1n) is 15.1. The Kier molecular flexibility index (Phi) is 6.26. The highest BCUT2D eigenvalue weighted by Gasteiger charge is 2.36. The first-order chi connectivity index (χ1) is 20.8. The maximum atomic E-state index is 2.60. The highest BCUT2D eigenvalue weighted by Crippen LogP contribution is 2.47. The third-order valence-corrected chi connectivity index (χ3v) is 9.33. The molecule has 204 valence electrons. The van der Waals surface area contributed by atoms with Crippen molar-refractivity contribution in [3.05, 3.63) is 179 Å². The molecule has 0 radical (unpaired) electrons. The number of aromatic nitrogens is 2. The highest BCUT2D eigenvalue weighted by atomic mass is 15.0. The van der Waals surface area contributed by atoms with Crippen LogP contribution in [0.4, 0.5) is 0 Å². The number of benzene rings is 5. The van der Waals surface area contributed by atoms with Crippen molar-refractivity contribution in [3.63, 3.8) is 0 Å². The van der Waals surface area contributed by atoms with Crippen molar-refractivity contribution < 1.29 is 0 Å². The zero-order valence-corrected chi connectivity index (χ0v) is 23.7. The Morgan fingerprint density at radius 1 is 0.500 bits per heavy atom. The van der Waals surface area contributed by atoms with Crippen LogP contribution in [0.25, 0.3) is 21.8 Å². The van der Waals surface area contributed by atoms with Crippen LogP contribution in [0, 0.1) is 0 Å². The lowest BCUT2D eigenvalue weighted by molar-refractivity contribution is 0.465.